The molecule has 2 N–H and O–H groups in total. The minimum Gasteiger partial charge on any atom is -0.478 e. The van der Waals surface area contributed by atoms with Crippen LogP contribution in [0.1, 0.15) is 32.0 Å². The van der Waals surface area contributed by atoms with E-state index in [1.54, 1.807) is 24.4 Å². The first-order valence-corrected chi connectivity index (χ1v) is 7.42. The molecule has 6 nitrogen and oxygen atoms in total. The van der Waals surface area contributed by atoms with Crippen LogP contribution in [0.2, 0.25) is 0 Å². The molecule has 3 rings (SSSR count). The lowest BCUT2D eigenvalue weighted by molar-refractivity contribution is 0.0685. The van der Waals surface area contributed by atoms with E-state index in [0.717, 1.165) is 5.56 Å². The summed E-state index contributed by atoms with van der Waals surface area (Å²) in [6, 6.07) is 16.0. The first-order valence-electron chi connectivity index (χ1n) is 7.42. The number of hydrogen-bond donors (Lipinski definition) is 2. The molecular formula is C19H16N2O4. The van der Waals surface area contributed by atoms with Gasteiger partial charge >= 0.3 is 11.9 Å². The van der Waals surface area contributed by atoms with Crippen LogP contribution in [-0.2, 0) is 6.42 Å². The number of hydrogen-bond acceptors (Lipinski definition) is 4. The Balaban J connectivity index is 0.000000212. The van der Waals surface area contributed by atoms with Crippen LogP contribution >= 0.6 is 0 Å². The number of carbonyl (C=O) groups is 2. The Bertz CT molecular complexity index is 836. The van der Waals surface area contributed by atoms with Gasteiger partial charge < -0.3 is 10.2 Å². The number of pyridine rings is 2. The molecular weight excluding hydrogens is 320 g/mol. The molecule has 0 radical (unpaired) electrons. The van der Waals surface area contributed by atoms with Crippen LogP contribution in [0.4, 0.5) is 0 Å². The second-order valence-corrected chi connectivity index (χ2v) is 5.01. The van der Waals surface area contributed by atoms with Gasteiger partial charge in [-0.25, -0.2) is 9.59 Å². The molecule has 0 aliphatic heterocycles. The van der Waals surface area contributed by atoms with Crippen molar-refractivity contribution in [3.63, 3.8) is 0 Å². The highest BCUT2D eigenvalue weighted by molar-refractivity contribution is 5.88. The van der Waals surface area contributed by atoms with Crippen molar-refractivity contribution >= 4 is 11.9 Å². The highest BCUT2D eigenvalue weighted by Gasteiger charge is 2.10. The van der Waals surface area contributed by atoms with E-state index in [1.165, 1.54) is 18.5 Å². The van der Waals surface area contributed by atoms with Gasteiger partial charge in [0.25, 0.3) is 0 Å². The zero-order valence-corrected chi connectivity index (χ0v) is 13.2. The number of rotatable bonds is 4. The highest BCUT2D eigenvalue weighted by Crippen LogP contribution is 2.11. The van der Waals surface area contributed by atoms with Crippen LogP contribution in [0.15, 0.2) is 73.2 Å². The third-order valence-corrected chi connectivity index (χ3v) is 3.24. The average Bonchev–Trinajstić information content (AvgIpc) is 2.64. The summed E-state index contributed by atoms with van der Waals surface area (Å²) in [5, 5.41) is 17.3. The first kappa shape index (κ1) is 17.8. The largest absolute Gasteiger partial charge is 0.478 e. The van der Waals surface area contributed by atoms with Gasteiger partial charge in [0.15, 0.2) is 0 Å². The standard InChI is InChI=1S/C13H11NO2.C6H5NO2/c15-13(16)11-7-4-8-14-12(11)9-10-5-2-1-3-6-10;8-6(9)5-2-1-3-7-4-5/h1-8H,9H2,(H,15,16);1-4H,(H,8,9). The predicted octanol–water partition coefficient (Wildman–Crippen LogP) is 3.15. The Morgan fingerprint density at radius 2 is 1.56 bits per heavy atom. The van der Waals surface area contributed by atoms with Crippen LogP contribution in [0.3, 0.4) is 0 Å². The average molecular weight is 336 g/mol. The summed E-state index contributed by atoms with van der Waals surface area (Å²) >= 11 is 0. The molecule has 6 heteroatoms. The van der Waals surface area contributed by atoms with E-state index in [-0.39, 0.29) is 11.1 Å². The van der Waals surface area contributed by atoms with Gasteiger partial charge in [-0.2, -0.15) is 0 Å². The fourth-order valence-electron chi connectivity index (χ4n) is 2.05. The molecule has 0 fully saturated rings. The molecule has 2 aromatic heterocycles. The molecule has 0 atom stereocenters. The van der Waals surface area contributed by atoms with Crippen molar-refractivity contribution in [2.75, 3.05) is 0 Å². The fraction of sp³-hybridized carbons (Fsp3) is 0.0526. The Morgan fingerprint density at radius 1 is 0.840 bits per heavy atom. The number of benzene rings is 1. The fourth-order valence-corrected chi connectivity index (χ4v) is 2.05. The van der Waals surface area contributed by atoms with Gasteiger partial charge in [-0.15, -0.1) is 0 Å². The summed E-state index contributed by atoms with van der Waals surface area (Å²) in [5.74, 6) is -1.87. The van der Waals surface area contributed by atoms with E-state index in [9.17, 15) is 9.59 Å². The van der Waals surface area contributed by atoms with Gasteiger partial charge in [0.2, 0.25) is 0 Å². The molecule has 0 amide bonds. The summed E-state index contributed by atoms with van der Waals surface area (Å²) < 4.78 is 0. The van der Waals surface area contributed by atoms with E-state index in [0.29, 0.717) is 12.1 Å². The molecule has 126 valence electrons. The minimum absolute atomic E-state index is 0.220. The lowest BCUT2D eigenvalue weighted by Gasteiger charge is -2.04. The first-order chi connectivity index (χ1) is 12.1. The van der Waals surface area contributed by atoms with Gasteiger partial charge in [-0.1, -0.05) is 30.3 Å². The predicted molar refractivity (Wildman–Crippen MR) is 91.6 cm³/mol. The van der Waals surface area contributed by atoms with Crippen LogP contribution < -0.4 is 0 Å². The normalized spacial score (nSPS) is 9.60. The summed E-state index contributed by atoms with van der Waals surface area (Å²) in [6.07, 6.45) is 5.00. The summed E-state index contributed by atoms with van der Waals surface area (Å²) in [5.41, 5.74) is 2.15. The summed E-state index contributed by atoms with van der Waals surface area (Å²) in [6.45, 7) is 0. The quantitative estimate of drug-likeness (QED) is 0.759. The van der Waals surface area contributed by atoms with Crippen molar-refractivity contribution in [2.45, 2.75) is 6.42 Å². The summed E-state index contributed by atoms with van der Waals surface area (Å²) in [4.78, 5) is 28.9. The van der Waals surface area contributed by atoms with E-state index in [1.807, 2.05) is 30.3 Å². The Hall–Kier alpha value is -3.54. The Kier molecular flexibility index (Phi) is 6.36. The molecule has 1 aromatic carbocycles. The minimum atomic E-state index is -0.942. The third-order valence-electron chi connectivity index (χ3n) is 3.24. The number of carboxylic acid groups (broad SMARTS) is 2. The van der Waals surface area contributed by atoms with Crippen molar-refractivity contribution in [3.8, 4) is 0 Å². The second-order valence-electron chi connectivity index (χ2n) is 5.01. The molecule has 0 saturated heterocycles. The van der Waals surface area contributed by atoms with Gasteiger partial charge in [0, 0.05) is 25.0 Å². The molecule has 0 unspecified atom stereocenters. The van der Waals surface area contributed by atoms with Crippen LogP contribution in [0, 0.1) is 0 Å². The van der Waals surface area contributed by atoms with Crippen molar-refractivity contribution in [1.29, 1.82) is 0 Å². The molecule has 3 aromatic rings. The van der Waals surface area contributed by atoms with Gasteiger partial charge in [0.1, 0.15) is 0 Å². The Morgan fingerprint density at radius 3 is 2.12 bits per heavy atom. The SMILES string of the molecule is O=C(O)c1cccnc1.O=C(O)c1cccnc1Cc1ccccc1. The third kappa shape index (κ3) is 5.54. The highest BCUT2D eigenvalue weighted by atomic mass is 16.4. The van der Waals surface area contributed by atoms with Gasteiger partial charge in [-0.05, 0) is 29.8 Å². The lowest BCUT2D eigenvalue weighted by atomic mass is 10.1. The maximum Gasteiger partial charge on any atom is 0.337 e. The van der Waals surface area contributed by atoms with E-state index < -0.39 is 11.9 Å². The maximum atomic E-state index is 11.0. The second kappa shape index (κ2) is 8.93. The van der Waals surface area contributed by atoms with E-state index >= 15 is 0 Å². The lowest BCUT2D eigenvalue weighted by Crippen LogP contribution is -2.04. The number of aromatic nitrogens is 2. The molecule has 25 heavy (non-hydrogen) atoms. The molecule has 0 spiro atoms. The molecule has 2 heterocycles. The molecule has 0 aliphatic rings. The van der Waals surface area contributed by atoms with E-state index in [2.05, 4.69) is 9.97 Å². The van der Waals surface area contributed by atoms with Gasteiger partial charge in [-0.3, -0.25) is 9.97 Å². The zero-order chi connectivity index (χ0) is 18.1. The molecule has 0 saturated carbocycles. The van der Waals surface area contributed by atoms with Crippen molar-refractivity contribution < 1.29 is 19.8 Å². The Labute approximate surface area is 144 Å². The van der Waals surface area contributed by atoms with Crippen LogP contribution in [-0.4, -0.2) is 32.1 Å². The smallest absolute Gasteiger partial charge is 0.337 e. The number of nitrogens with zero attached hydrogens (tertiary/aromatic N) is 2. The number of carboxylic acids is 2. The maximum absolute atomic E-state index is 11.0. The zero-order valence-electron chi connectivity index (χ0n) is 13.2. The van der Waals surface area contributed by atoms with Gasteiger partial charge in [0.05, 0.1) is 16.8 Å². The molecule has 0 aliphatic carbocycles. The summed E-state index contributed by atoms with van der Waals surface area (Å²) in [7, 11) is 0. The topological polar surface area (TPSA) is 100 Å². The van der Waals surface area contributed by atoms with E-state index in [4.69, 9.17) is 10.2 Å². The van der Waals surface area contributed by atoms with Crippen molar-refractivity contribution in [2.24, 2.45) is 0 Å². The number of aromatic carboxylic acids is 2. The van der Waals surface area contributed by atoms with Crippen molar-refractivity contribution in [3.05, 3.63) is 95.6 Å². The van der Waals surface area contributed by atoms with Crippen molar-refractivity contribution in [1.82, 2.24) is 9.97 Å². The monoisotopic (exact) mass is 336 g/mol. The van der Waals surface area contributed by atoms with Crippen LogP contribution in [0.25, 0.3) is 0 Å². The van der Waals surface area contributed by atoms with Crippen LogP contribution in [0.5, 0.6) is 0 Å². The molecule has 0 bridgehead atoms.